The normalized spacial score (nSPS) is 22.0. The summed E-state index contributed by atoms with van der Waals surface area (Å²) in [5.74, 6) is -1.51. The second-order valence-corrected chi connectivity index (χ2v) is 9.48. The Morgan fingerprint density at radius 3 is 2.32 bits per heavy atom. The van der Waals surface area contributed by atoms with Crippen molar-refractivity contribution in [2.45, 2.75) is 12.1 Å². The molecular formula is C26H17BrClN3O3. The lowest BCUT2D eigenvalue weighted by atomic mass is 9.90. The van der Waals surface area contributed by atoms with Gasteiger partial charge in [0.25, 0.3) is 5.91 Å². The van der Waals surface area contributed by atoms with E-state index >= 15 is 0 Å². The highest BCUT2D eigenvalue weighted by Gasteiger charge is 2.60. The maximum atomic E-state index is 13.7. The van der Waals surface area contributed by atoms with Crippen molar-refractivity contribution in [3.63, 3.8) is 0 Å². The summed E-state index contributed by atoms with van der Waals surface area (Å²) >= 11 is 10.1. The third-order valence-electron chi connectivity index (χ3n) is 6.23. The van der Waals surface area contributed by atoms with Crippen molar-refractivity contribution in [1.82, 2.24) is 4.98 Å². The van der Waals surface area contributed by atoms with Gasteiger partial charge in [0, 0.05) is 15.4 Å². The predicted octanol–water partition coefficient (Wildman–Crippen LogP) is 5.70. The summed E-state index contributed by atoms with van der Waals surface area (Å²) in [6, 6.07) is 25.4. The van der Waals surface area contributed by atoms with Gasteiger partial charge in [-0.05, 0) is 48.5 Å². The van der Waals surface area contributed by atoms with Gasteiger partial charge in [-0.3, -0.25) is 14.4 Å². The van der Waals surface area contributed by atoms with Crippen LogP contribution in [0.25, 0.3) is 10.9 Å². The zero-order chi connectivity index (χ0) is 23.4. The monoisotopic (exact) mass is 533 g/mol. The number of rotatable bonds is 3. The largest absolute Gasteiger partial charge is 0.273 e. The number of amides is 2. The molecule has 6 nitrogen and oxygen atoms in total. The molecule has 0 spiro atoms. The molecule has 2 fully saturated rings. The number of imide groups is 1. The number of hydrogen-bond donors (Lipinski definition) is 0. The number of hydroxylamine groups is 1. The molecule has 0 saturated carbocycles. The first-order valence-corrected chi connectivity index (χ1v) is 11.9. The van der Waals surface area contributed by atoms with Crippen LogP contribution in [0.5, 0.6) is 0 Å². The summed E-state index contributed by atoms with van der Waals surface area (Å²) in [7, 11) is 0. The van der Waals surface area contributed by atoms with E-state index in [0.29, 0.717) is 11.3 Å². The SMILES string of the molecule is O=C1[C@@H]2[C@H](ON(c3ccccc3)[C@H]2c2cc3ccccc3nc2Cl)C(=O)N1c1ccc(Br)cc1. The Labute approximate surface area is 208 Å². The Morgan fingerprint density at radius 1 is 0.853 bits per heavy atom. The number of fused-ring (bicyclic) bond motifs is 2. The van der Waals surface area contributed by atoms with Crippen molar-refractivity contribution < 1.29 is 14.4 Å². The molecule has 168 valence electrons. The minimum Gasteiger partial charge on any atom is -0.273 e. The zero-order valence-electron chi connectivity index (χ0n) is 17.6. The molecule has 0 radical (unpaired) electrons. The van der Waals surface area contributed by atoms with Crippen molar-refractivity contribution in [2.24, 2.45) is 5.92 Å². The average Bonchev–Trinajstić information content (AvgIpc) is 3.36. The summed E-state index contributed by atoms with van der Waals surface area (Å²) < 4.78 is 0.855. The molecule has 0 bridgehead atoms. The molecule has 0 unspecified atom stereocenters. The zero-order valence-corrected chi connectivity index (χ0v) is 20.0. The first kappa shape index (κ1) is 21.3. The number of aromatic nitrogens is 1. The molecule has 34 heavy (non-hydrogen) atoms. The van der Waals surface area contributed by atoms with E-state index in [1.54, 1.807) is 29.3 Å². The predicted molar refractivity (Wildman–Crippen MR) is 133 cm³/mol. The highest BCUT2D eigenvalue weighted by atomic mass is 79.9. The Hall–Kier alpha value is -3.26. The summed E-state index contributed by atoms with van der Waals surface area (Å²) in [5.41, 5.74) is 2.62. The van der Waals surface area contributed by atoms with E-state index in [-0.39, 0.29) is 11.1 Å². The van der Waals surface area contributed by atoms with Crippen LogP contribution in [0.15, 0.2) is 89.4 Å². The van der Waals surface area contributed by atoms with Crippen LogP contribution in [0, 0.1) is 5.92 Å². The van der Waals surface area contributed by atoms with Crippen molar-refractivity contribution in [2.75, 3.05) is 9.96 Å². The molecule has 0 aliphatic carbocycles. The molecule has 3 aromatic carbocycles. The molecule has 4 aromatic rings. The molecule has 3 atom stereocenters. The summed E-state index contributed by atoms with van der Waals surface area (Å²) in [6.45, 7) is 0. The van der Waals surface area contributed by atoms with Crippen LogP contribution < -0.4 is 9.96 Å². The molecule has 2 amide bonds. The molecule has 6 rings (SSSR count). The van der Waals surface area contributed by atoms with Crippen molar-refractivity contribution >= 4 is 61.6 Å². The van der Waals surface area contributed by atoms with Gasteiger partial charge < -0.3 is 0 Å². The highest BCUT2D eigenvalue weighted by molar-refractivity contribution is 9.10. The Kier molecular flexibility index (Phi) is 5.13. The Bertz CT molecular complexity index is 1430. The van der Waals surface area contributed by atoms with E-state index in [9.17, 15) is 9.59 Å². The number of halogens is 2. The average molecular weight is 535 g/mol. The van der Waals surface area contributed by atoms with E-state index in [4.69, 9.17) is 16.4 Å². The third-order valence-corrected chi connectivity index (χ3v) is 7.07. The number of benzene rings is 3. The molecule has 8 heteroatoms. The fraction of sp³-hybridized carbons (Fsp3) is 0.115. The van der Waals surface area contributed by atoms with Gasteiger partial charge in [0.15, 0.2) is 6.10 Å². The molecule has 2 saturated heterocycles. The third kappa shape index (κ3) is 3.31. The van der Waals surface area contributed by atoms with Gasteiger partial charge >= 0.3 is 0 Å². The molecule has 1 aromatic heterocycles. The van der Waals surface area contributed by atoms with Crippen LogP contribution >= 0.6 is 27.5 Å². The van der Waals surface area contributed by atoms with Gasteiger partial charge in [-0.1, -0.05) is 63.9 Å². The summed E-state index contributed by atoms with van der Waals surface area (Å²) in [6.07, 6.45) is -0.969. The van der Waals surface area contributed by atoms with Crippen molar-refractivity contribution in [1.29, 1.82) is 0 Å². The van der Waals surface area contributed by atoms with Crippen LogP contribution in [-0.2, 0) is 14.4 Å². The molecule has 2 aliphatic heterocycles. The maximum Gasteiger partial charge on any atom is 0.266 e. The van der Waals surface area contributed by atoms with Gasteiger partial charge in [0.2, 0.25) is 5.91 Å². The lowest BCUT2D eigenvalue weighted by molar-refractivity contribution is -0.126. The van der Waals surface area contributed by atoms with Crippen LogP contribution in [0.2, 0.25) is 5.15 Å². The maximum absolute atomic E-state index is 13.7. The number of carbonyl (C=O) groups is 2. The van der Waals surface area contributed by atoms with Crippen molar-refractivity contribution in [3.05, 3.63) is 100 Å². The van der Waals surface area contributed by atoms with Crippen LogP contribution in [0.3, 0.4) is 0 Å². The van der Waals surface area contributed by atoms with Crippen LogP contribution in [-0.4, -0.2) is 22.9 Å². The van der Waals surface area contributed by atoms with E-state index in [0.717, 1.165) is 21.1 Å². The van der Waals surface area contributed by atoms with Gasteiger partial charge in [0.1, 0.15) is 11.1 Å². The number of carbonyl (C=O) groups excluding carboxylic acids is 2. The van der Waals surface area contributed by atoms with E-state index in [1.807, 2.05) is 60.7 Å². The standard InChI is InChI=1S/C26H17BrClN3O3/c27-16-10-12-17(13-11-16)30-25(32)21-22(19-14-15-6-4-5-9-20(15)29-24(19)28)31(34-23(21)26(30)33)18-7-2-1-3-8-18/h1-14,21-23H/t21-,22-,23-/m0/s1. The Balaban J connectivity index is 1.49. The quantitative estimate of drug-likeness (QED) is 0.249. The lowest BCUT2D eigenvalue weighted by Crippen LogP contribution is -2.37. The molecular weight excluding hydrogens is 518 g/mol. The number of nitrogens with zero attached hydrogens (tertiary/aromatic N) is 3. The smallest absolute Gasteiger partial charge is 0.266 e. The van der Waals surface area contributed by atoms with E-state index in [2.05, 4.69) is 20.9 Å². The number of hydrogen-bond acceptors (Lipinski definition) is 5. The van der Waals surface area contributed by atoms with Gasteiger partial charge in [-0.15, -0.1) is 0 Å². The lowest BCUT2D eigenvalue weighted by Gasteiger charge is -2.29. The molecule has 2 aliphatic rings. The van der Waals surface area contributed by atoms with Crippen LogP contribution in [0.1, 0.15) is 11.6 Å². The van der Waals surface area contributed by atoms with Gasteiger partial charge in [-0.2, -0.15) is 0 Å². The first-order valence-electron chi connectivity index (χ1n) is 10.7. The number of pyridine rings is 1. The second-order valence-electron chi connectivity index (χ2n) is 8.21. The fourth-order valence-corrected chi connectivity index (χ4v) is 5.21. The van der Waals surface area contributed by atoms with E-state index in [1.165, 1.54) is 4.90 Å². The second kappa shape index (κ2) is 8.20. The summed E-state index contributed by atoms with van der Waals surface area (Å²) in [5, 5.41) is 2.79. The molecule has 0 N–H and O–H groups in total. The first-order chi connectivity index (χ1) is 16.5. The summed E-state index contributed by atoms with van der Waals surface area (Å²) in [4.78, 5) is 39.1. The minimum absolute atomic E-state index is 0.274. The topological polar surface area (TPSA) is 62.7 Å². The van der Waals surface area contributed by atoms with Gasteiger partial charge in [0.05, 0.1) is 22.9 Å². The van der Waals surface area contributed by atoms with Gasteiger partial charge in [-0.25, -0.2) is 14.9 Å². The Morgan fingerprint density at radius 2 is 1.56 bits per heavy atom. The molecule has 3 heterocycles. The fourth-order valence-electron chi connectivity index (χ4n) is 4.69. The van der Waals surface area contributed by atoms with Crippen molar-refractivity contribution in [3.8, 4) is 0 Å². The minimum atomic E-state index is -0.969. The number of para-hydroxylation sites is 2. The van der Waals surface area contributed by atoms with Crippen LogP contribution in [0.4, 0.5) is 11.4 Å². The van der Waals surface area contributed by atoms with E-state index < -0.39 is 24.0 Å². The number of anilines is 2. The highest BCUT2D eigenvalue weighted by Crippen LogP contribution is 2.49.